The van der Waals surface area contributed by atoms with Gasteiger partial charge in [-0.15, -0.1) is 0 Å². The highest BCUT2D eigenvalue weighted by Crippen LogP contribution is 1.98. The molecular formula is C8H12O6. The number of carbonyl (C=O) groups excluding carboxylic acids is 2. The molecule has 0 saturated heterocycles. The molecule has 0 aliphatic rings. The zero-order valence-electron chi connectivity index (χ0n) is 7.73. The maximum atomic E-state index is 10.8. The Kier molecular flexibility index (Phi) is 5.47. The van der Waals surface area contributed by atoms with Crippen LogP contribution in [0.15, 0.2) is 0 Å². The lowest BCUT2D eigenvalue weighted by atomic mass is 10.2. The van der Waals surface area contributed by atoms with E-state index in [9.17, 15) is 14.4 Å². The van der Waals surface area contributed by atoms with Gasteiger partial charge in [0.1, 0.15) is 0 Å². The number of aliphatic hydroxyl groups is 1. The van der Waals surface area contributed by atoms with E-state index in [-0.39, 0.29) is 6.42 Å². The average molecular weight is 204 g/mol. The fraction of sp³-hybridized carbons (Fsp3) is 0.625. The van der Waals surface area contributed by atoms with E-state index in [1.807, 2.05) is 0 Å². The Morgan fingerprint density at radius 2 is 1.93 bits per heavy atom. The SMILES string of the molecule is CCCC(=O)OC(=O)C(O)CC(=O)O. The van der Waals surface area contributed by atoms with E-state index in [2.05, 4.69) is 4.74 Å². The van der Waals surface area contributed by atoms with E-state index in [1.54, 1.807) is 6.92 Å². The van der Waals surface area contributed by atoms with Crippen molar-refractivity contribution in [2.24, 2.45) is 0 Å². The van der Waals surface area contributed by atoms with Crippen molar-refractivity contribution in [1.82, 2.24) is 0 Å². The Hall–Kier alpha value is -1.43. The number of carbonyl (C=O) groups is 3. The molecular weight excluding hydrogens is 192 g/mol. The first-order valence-electron chi connectivity index (χ1n) is 4.11. The molecule has 0 heterocycles. The number of aliphatic carboxylic acids is 1. The van der Waals surface area contributed by atoms with Crippen LogP contribution in [0.25, 0.3) is 0 Å². The standard InChI is InChI=1S/C8H12O6/c1-2-3-7(12)14-8(13)5(9)4-6(10)11/h5,9H,2-4H2,1H3,(H,10,11). The maximum absolute atomic E-state index is 10.8. The molecule has 0 bridgehead atoms. The highest BCUT2D eigenvalue weighted by atomic mass is 16.6. The van der Waals surface area contributed by atoms with Gasteiger partial charge in [0, 0.05) is 6.42 Å². The van der Waals surface area contributed by atoms with Gasteiger partial charge < -0.3 is 14.9 Å². The normalized spacial score (nSPS) is 11.9. The first-order chi connectivity index (χ1) is 6.47. The number of carboxylic acids is 1. The van der Waals surface area contributed by atoms with Crippen LogP contribution in [0.4, 0.5) is 0 Å². The van der Waals surface area contributed by atoms with Gasteiger partial charge in [-0.05, 0) is 6.42 Å². The van der Waals surface area contributed by atoms with Gasteiger partial charge in [-0.1, -0.05) is 6.92 Å². The fourth-order valence-corrected chi connectivity index (χ4v) is 0.684. The summed E-state index contributed by atoms with van der Waals surface area (Å²) in [7, 11) is 0. The topological polar surface area (TPSA) is 101 Å². The second kappa shape index (κ2) is 6.09. The summed E-state index contributed by atoms with van der Waals surface area (Å²) in [5.74, 6) is -3.31. The molecule has 1 atom stereocenters. The molecule has 80 valence electrons. The van der Waals surface area contributed by atoms with Crippen molar-refractivity contribution in [3.05, 3.63) is 0 Å². The van der Waals surface area contributed by atoms with Gasteiger partial charge in [-0.3, -0.25) is 9.59 Å². The lowest BCUT2D eigenvalue weighted by Gasteiger charge is -2.06. The fourth-order valence-electron chi connectivity index (χ4n) is 0.684. The van der Waals surface area contributed by atoms with Gasteiger partial charge in [-0.2, -0.15) is 0 Å². The van der Waals surface area contributed by atoms with Crippen molar-refractivity contribution in [1.29, 1.82) is 0 Å². The summed E-state index contributed by atoms with van der Waals surface area (Å²) in [5.41, 5.74) is 0. The molecule has 0 amide bonds. The summed E-state index contributed by atoms with van der Waals surface area (Å²) in [6, 6.07) is 0. The first-order valence-corrected chi connectivity index (χ1v) is 4.11. The van der Waals surface area contributed by atoms with E-state index in [0.29, 0.717) is 6.42 Å². The third kappa shape index (κ3) is 5.26. The molecule has 1 unspecified atom stereocenters. The first kappa shape index (κ1) is 12.6. The number of aliphatic hydroxyl groups excluding tert-OH is 1. The van der Waals surface area contributed by atoms with Crippen LogP contribution < -0.4 is 0 Å². The largest absolute Gasteiger partial charge is 0.481 e. The van der Waals surface area contributed by atoms with Crippen molar-refractivity contribution < 1.29 is 29.3 Å². The van der Waals surface area contributed by atoms with Crippen LogP contribution in [0.2, 0.25) is 0 Å². The van der Waals surface area contributed by atoms with Crippen LogP contribution in [0, 0.1) is 0 Å². The Morgan fingerprint density at radius 3 is 2.36 bits per heavy atom. The van der Waals surface area contributed by atoms with E-state index in [1.165, 1.54) is 0 Å². The number of hydrogen-bond donors (Lipinski definition) is 2. The van der Waals surface area contributed by atoms with Crippen molar-refractivity contribution in [3.63, 3.8) is 0 Å². The number of hydrogen-bond acceptors (Lipinski definition) is 5. The zero-order chi connectivity index (χ0) is 11.1. The van der Waals surface area contributed by atoms with Gasteiger partial charge in [-0.25, -0.2) is 4.79 Å². The minimum Gasteiger partial charge on any atom is -0.481 e. The minimum atomic E-state index is -1.78. The molecule has 0 spiro atoms. The monoisotopic (exact) mass is 204 g/mol. The third-order valence-corrected chi connectivity index (χ3v) is 1.31. The van der Waals surface area contributed by atoms with Crippen LogP contribution in [-0.4, -0.2) is 34.2 Å². The predicted octanol–water partition coefficient (Wildman–Crippen LogP) is -0.308. The van der Waals surface area contributed by atoms with Crippen molar-refractivity contribution in [2.75, 3.05) is 0 Å². The summed E-state index contributed by atoms with van der Waals surface area (Å²) < 4.78 is 4.16. The number of rotatable bonds is 5. The van der Waals surface area contributed by atoms with Crippen LogP contribution in [0.1, 0.15) is 26.2 Å². The minimum absolute atomic E-state index is 0.0610. The Balaban J connectivity index is 3.95. The molecule has 0 fully saturated rings. The van der Waals surface area contributed by atoms with Gasteiger partial charge in [0.25, 0.3) is 0 Å². The second-order valence-electron chi connectivity index (χ2n) is 2.66. The van der Waals surface area contributed by atoms with Crippen LogP contribution in [0.3, 0.4) is 0 Å². The predicted molar refractivity (Wildman–Crippen MR) is 44.3 cm³/mol. The molecule has 0 aromatic rings. The molecule has 0 aliphatic heterocycles. The van der Waals surface area contributed by atoms with Crippen LogP contribution in [-0.2, 0) is 19.1 Å². The summed E-state index contributed by atoms with van der Waals surface area (Å²) in [5, 5.41) is 17.1. The Labute approximate surface area is 80.5 Å². The third-order valence-electron chi connectivity index (χ3n) is 1.31. The average Bonchev–Trinajstić information content (AvgIpc) is 2.02. The summed E-state index contributed by atoms with van der Waals surface area (Å²) in [6.45, 7) is 1.72. The highest BCUT2D eigenvalue weighted by Gasteiger charge is 2.22. The smallest absolute Gasteiger partial charge is 0.343 e. The van der Waals surface area contributed by atoms with Gasteiger partial charge in [0.15, 0.2) is 6.10 Å². The molecule has 6 nitrogen and oxygen atoms in total. The lowest BCUT2D eigenvalue weighted by Crippen LogP contribution is -2.28. The molecule has 6 heteroatoms. The molecule has 2 N–H and O–H groups in total. The van der Waals surface area contributed by atoms with Gasteiger partial charge in [0.2, 0.25) is 0 Å². The van der Waals surface area contributed by atoms with Crippen LogP contribution >= 0.6 is 0 Å². The summed E-state index contributed by atoms with van der Waals surface area (Å²) in [4.78, 5) is 31.6. The van der Waals surface area contributed by atoms with Crippen molar-refractivity contribution in [2.45, 2.75) is 32.3 Å². The van der Waals surface area contributed by atoms with Gasteiger partial charge in [0.05, 0.1) is 6.42 Å². The molecule has 0 aromatic carbocycles. The Morgan fingerprint density at radius 1 is 1.36 bits per heavy atom. The molecule has 0 radical (unpaired) electrons. The lowest BCUT2D eigenvalue weighted by molar-refractivity contribution is -0.168. The summed E-state index contributed by atoms with van der Waals surface area (Å²) >= 11 is 0. The molecule has 14 heavy (non-hydrogen) atoms. The molecule has 0 rings (SSSR count). The Bertz CT molecular complexity index is 234. The van der Waals surface area contributed by atoms with E-state index >= 15 is 0 Å². The van der Waals surface area contributed by atoms with E-state index in [0.717, 1.165) is 0 Å². The molecule has 0 saturated carbocycles. The second-order valence-corrected chi connectivity index (χ2v) is 2.66. The van der Waals surface area contributed by atoms with Crippen molar-refractivity contribution >= 4 is 17.9 Å². The van der Waals surface area contributed by atoms with E-state index in [4.69, 9.17) is 10.2 Å². The van der Waals surface area contributed by atoms with Crippen molar-refractivity contribution in [3.8, 4) is 0 Å². The van der Waals surface area contributed by atoms with E-state index < -0.39 is 30.4 Å². The van der Waals surface area contributed by atoms with Gasteiger partial charge >= 0.3 is 17.9 Å². The number of esters is 2. The molecule has 0 aliphatic carbocycles. The maximum Gasteiger partial charge on any atom is 0.343 e. The quantitative estimate of drug-likeness (QED) is 0.470. The van der Waals surface area contributed by atoms with Crippen LogP contribution in [0.5, 0.6) is 0 Å². The summed E-state index contributed by atoms with van der Waals surface area (Å²) in [6.07, 6.45) is -1.97. The number of carboxylic acid groups (broad SMARTS) is 1. The highest BCUT2D eigenvalue weighted by molar-refractivity contribution is 5.89. The molecule has 0 aromatic heterocycles. The number of ether oxygens (including phenoxy) is 1. The zero-order valence-corrected chi connectivity index (χ0v) is 7.73.